The van der Waals surface area contributed by atoms with Crippen LogP contribution in [-0.4, -0.2) is 41.1 Å². The second kappa shape index (κ2) is 7.62. The Labute approximate surface area is 163 Å². The third-order valence-electron chi connectivity index (χ3n) is 8.05. The van der Waals surface area contributed by atoms with Crippen molar-refractivity contribution >= 4 is 6.03 Å². The zero-order valence-electron chi connectivity index (χ0n) is 16.5. The molecule has 0 aromatic heterocycles. The third-order valence-corrected chi connectivity index (χ3v) is 8.05. The number of fused-ring (bicyclic) bond motifs is 2. The number of carbonyl (C=O) groups excluding carboxylic acids is 1. The highest BCUT2D eigenvalue weighted by atomic mass is 16.2. The zero-order valence-corrected chi connectivity index (χ0v) is 16.5. The SMILES string of the molecule is O=C1NC2C=CC=CC2N1C1CCC(NC2CCC3CCCCC3C2)CC1. The van der Waals surface area contributed by atoms with Crippen molar-refractivity contribution in [2.24, 2.45) is 11.8 Å². The molecule has 5 aliphatic rings. The topological polar surface area (TPSA) is 44.4 Å². The molecule has 1 heterocycles. The first-order valence-corrected chi connectivity index (χ1v) is 11.5. The minimum atomic E-state index is 0.133. The molecule has 0 radical (unpaired) electrons. The van der Waals surface area contributed by atoms with Gasteiger partial charge in [0.25, 0.3) is 0 Å². The molecule has 0 bridgehead atoms. The monoisotopic (exact) mass is 369 g/mol. The highest BCUT2D eigenvalue weighted by Gasteiger charge is 2.42. The highest BCUT2D eigenvalue weighted by molar-refractivity contribution is 5.79. The zero-order chi connectivity index (χ0) is 18.2. The van der Waals surface area contributed by atoms with Gasteiger partial charge < -0.3 is 15.5 Å². The van der Waals surface area contributed by atoms with Crippen LogP contribution in [0.1, 0.15) is 70.6 Å². The maximum Gasteiger partial charge on any atom is 0.318 e. The van der Waals surface area contributed by atoms with E-state index in [-0.39, 0.29) is 18.1 Å². The summed E-state index contributed by atoms with van der Waals surface area (Å²) in [5.74, 6) is 2.03. The predicted molar refractivity (Wildman–Crippen MR) is 108 cm³/mol. The number of allylic oxidation sites excluding steroid dienone is 2. The lowest BCUT2D eigenvalue weighted by atomic mass is 9.69. The van der Waals surface area contributed by atoms with Crippen LogP contribution in [0.15, 0.2) is 24.3 Å². The van der Waals surface area contributed by atoms with Crippen molar-refractivity contribution in [3.8, 4) is 0 Å². The summed E-state index contributed by atoms with van der Waals surface area (Å²) in [6, 6.07) is 2.34. The number of urea groups is 1. The summed E-state index contributed by atoms with van der Waals surface area (Å²) in [6.45, 7) is 0. The van der Waals surface area contributed by atoms with Crippen molar-refractivity contribution in [3.63, 3.8) is 0 Å². The molecule has 0 aromatic rings. The Morgan fingerprint density at radius 1 is 0.852 bits per heavy atom. The third kappa shape index (κ3) is 3.57. The van der Waals surface area contributed by atoms with Gasteiger partial charge in [-0.2, -0.15) is 0 Å². The summed E-state index contributed by atoms with van der Waals surface area (Å²) in [4.78, 5) is 14.6. The van der Waals surface area contributed by atoms with E-state index in [4.69, 9.17) is 0 Å². The Morgan fingerprint density at radius 3 is 2.44 bits per heavy atom. The molecule has 0 spiro atoms. The van der Waals surface area contributed by atoms with Crippen LogP contribution in [0.3, 0.4) is 0 Å². The van der Waals surface area contributed by atoms with Crippen LogP contribution in [0.5, 0.6) is 0 Å². The van der Waals surface area contributed by atoms with Gasteiger partial charge in [-0.15, -0.1) is 0 Å². The lowest BCUT2D eigenvalue weighted by Gasteiger charge is -2.42. The van der Waals surface area contributed by atoms with E-state index in [9.17, 15) is 4.79 Å². The molecule has 1 aliphatic heterocycles. The predicted octanol–water partition coefficient (Wildman–Crippen LogP) is 4.13. The van der Waals surface area contributed by atoms with Crippen molar-refractivity contribution in [1.82, 2.24) is 15.5 Å². The van der Waals surface area contributed by atoms with Gasteiger partial charge in [0.05, 0.1) is 12.1 Å². The first kappa shape index (κ1) is 17.8. The number of hydrogen-bond donors (Lipinski definition) is 2. The molecule has 4 heteroatoms. The fourth-order valence-electron chi connectivity index (χ4n) is 6.64. The highest BCUT2D eigenvalue weighted by Crippen LogP contribution is 2.41. The largest absolute Gasteiger partial charge is 0.329 e. The average molecular weight is 370 g/mol. The molecule has 0 aromatic carbocycles. The van der Waals surface area contributed by atoms with Crippen molar-refractivity contribution in [3.05, 3.63) is 24.3 Å². The summed E-state index contributed by atoms with van der Waals surface area (Å²) in [7, 11) is 0. The van der Waals surface area contributed by atoms with Crippen molar-refractivity contribution in [2.75, 3.05) is 0 Å². The maximum absolute atomic E-state index is 12.5. The molecular formula is C23H35N3O. The van der Waals surface area contributed by atoms with Crippen LogP contribution < -0.4 is 10.6 Å². The molecule has 4 fully saturated rings. The molecular weight excluding hydrogens is 334 g/mol. The van der Waals surface area contributed by atoms with E-state index in [1.807, 2.05) is 6.08 Å². The number of hydrogen-bond acceptors (Lipinski definition) is 2. The van der Waals surface area contributed by atoms with Gasteiger partial charge in [-0.05, 0) is 56.8 Å². The summed E-state index contributed by atoms with van der Waals surface area (Å²) in [6.07, 6.45) is 23.3. The Kier molecular flexibility index (Phi) is 5.02. The fourth-order valence-corrected chi connectivity index (χ4v) is 6.64. The smallest absolute Gasteiger partial charge is 0.318 e. The van der Waals surface area contributed by atoms with Crippen LogP contribution in [0, 0.1) is 11.8 Å². The number of amides is 2. The molecule has 2 N–H and O–H groups in total. The second-order valence-electron chi connectivity index (χ2n) is 9.63. The average Bonchev–Trinajstić information content (AvgIpc) is 3.04. The molecule has 5 unspecified atom stereocenters. The molecule has 3 saturated carbocycles. The number of carbonyl (C=O) groups is 1. The van der Waals surface area contributed by atoms with Gasteiger partial charge in [-0.25, -0.2) is 4.79 Å². The standard InChI is InChI=1S/C23H35N3O/c27-23-25-21-7-3-4-8-22(21)26(23)20-13-11-18(12-14-20)24-19-10-9-16-5-1-2-6-17(16)15-19/h3-4,7-8,16-22,24H,1-2,5-6,9-15H2,(H,25,27). The number of rotatable bonds is 3. The van der Waals surface area contributed by atoms with E-state index in [1.54, 1.807) is 0 Å². The first-order chi connectivity index (χ1) is 13.3. The number of nitrogens with zero attached hydrogens (tertiary/aromatic N) is 1. The summed E-state index contributed by atoms with van der Waals surface area (Å²) < 4.78 is 0. The summed E-state index contributed by atoms with van der Waals surface area (Å²) in [5, 5.41) is 7.17. The van der Waals surface area contributed by atoms with Crippen molar-refractivity contribution in [1.29, 1.82) is 0 Å². The molecule has 27 heavy (non-hydrogen) atoms. The summed E-state index contributed by atoms with van der Waals surface area (Å²) >= 11 is 0. The molecule has 148 valence electrons. The lowest BCUT2D eigenvalue weighted by molar-refractivity contribution is 0.123. The van der Waals surface area contributed by atoms with Crippen LogP contribution in [0.4, 0.5) is 4.79 Å². The molecule has 1 saturated heterocycles. The van der Waals surface area contributed by atoms with Crippen molar-refractivity contribution in [2.45, 2.75) is 101 Å². The maximum atomic E-state index is 12.5. The van der Waals surface area contributed by atoms with E-state index in [1.165, 1.54) is 57.8 Å². The molecule has 5 atom stereocenters. The van der Waals surface area contributed by atoms with E-state index >= 15 is 0 Å². The minimum absolute atomic E-state index is 0.133. The normalized spacial score (nSPS) is 43.9. The first-order valence-electron chi connectivity index (χ1n) is 11.5. The van der Waals surface area contributed by atoms with Gasteiger partial charge in [-0.3, -0.25) is 0 Å². The van der Waals surface area contributed by atoms with E-state index in [0.717, 1.165) is 30.7 Å². The van der Waals surface area contributed by atoms with Crippen molar-refractivity contribution < 1.29 is 4.79 Å². The molecule has 4 aliphatic carbocycles. The molecule has 5 rings (SSSR count). The quantitative estimate of drug-likeness (QED) is 0.785. The number of nitrogens with one attached hydrogen (secondary N) is 2. The van der Waals surface area contributed by atoms with E-state index in [0.29, 0.717) is 12.1 Å². The van der Waals surface area contributed by atoms with Gasteiger partial charge in [0.2, 0.25) is 0 Å². The minimum Gasteiger partial charge on any atom is -0.329 e. The van der Waals surface area contributed by atoms with Crippen LogP contribution in [0.2, 0.25) is 0 Å². The lowest BCUT2D eigenvalue weighted by Crippen LogP contribution is -2.49. The Balaban J connectivity index is 1.13. The van der Waals surface area contributed by atoms with Crippen LogP contribution >= 0.6 is 0 Å². The van der Waals surface area contributed by atoms with Gasteiger partial charge in [-0.1, -0.05) is 50.0 Å². The fraction of sp³-hybridized carbons (Fsp3) is 0.783. The van der Waals surface area contributed by atoms with Crippen LogP contribution in [0.25, 0.3) is 0 Å². The Hall–Kier alpha value is -1.29. The van der Waals surface area contributed by atoms with Crippen LogP contribution in [-0.2, 0) is 0 Å². The second-order valence-corrected chi connectivity index (χ2v) is 9.63. The van der Waals surface area contributed by atoms with E-state index in [2.05, 4.69) is 33.8 Å². The molecule has 4 nitrogen and oxygen atoms in total. The van der Waals surface area contributed by atoms with Gasteiger partial charge in [0.1, 0.15) is 0 Å². The van der Waals surface area contributed by atoms with Gasteiger partial charge >= 0.3 is 6.03 Å². The Morgan fingerprint density at radius 2 is 1.59 bits per heavy atom. The van der Waals surface area contributed by atoms with Gasteiger partial charge in [0, 0.05) is 18.1 Å². The Bertz CT molecular complexity index is 607. The van der Waals surface area contributed by atoms with Gasteiger partial charge in [0.15, 0.2) is 0 Å². The van der Waals surface area contributed by atoms with E-state index < -0.39 is 0 Å². The summed E-state index contributed by atoms with van der Waals surface area (Å²) in [5.41, 5.74) is 0. The molecule has 2 amide bonds.